The summed E-state index contributed by atoms with van der Waals surface area (Å²) in [5, 5.41) is 7.79. The molecule has 1 aromatic heterocycles. The summed E-state index contributed by atoms with van der Waals surface area (Å²) in [6, 6.07) is 5.51. The number of nitrogen functional groups attached to an aromatic ring is 1. The van der Waals surface area contributed by atoms with Crippen LogP contribution in [-0.4, -0.2) is 21.6 Å². The number of nitrogens with two attached hydrogens (primary N) is 1. The second-order valence-corrected chi connectivity index (χ2v) is 5.46. The summed E-state index contributed by atoms with van der Waals surface area (Å²) < 4.78 is 1.72. The molecule has 1 atom stereocenters. The van der Waals surface area contributed by atoms with Crippen LogP contribution in [0.2, 0.25) is 0 Å². The predicted octanol–water partition coefficient (Wildman–Crippen LogP) is 0.850. The maximum absolute atomic E-state index is 12.2. The highest BCUT2D eigenvalue weighted by molar-refractivity contribution is 6.05. The first-order chi connectivity index (χ1) is 9.41. The number of fused-ring (bicyclic) bond motifs is 1. The number of hydrogen-bond donors (Lipinski definition) is 2. The summed E-state index contributed by atoms with van der Waals surface area (Å²) in [7, 11) is 1.82. The predicted molar refractivity (Wildman–Crippen MR) is 74.9 cm³/mol. The van der Waals surface area contributed by atoms with Crippen molar-refractivity contribution in [3.63, 3.8) is 0 Å². The average Bonchev–Trinajstić information content (AvgIpc) is 2.72. The Morgan fingerprint density at radius 1 is 1.40 bits per heavy atom. The van der Waals surface area contributed by atoms with Gasteiger partial charge in [0.1, 0.15) is 0 Å². The smallest absolute Gasteiger partial charge is 0.238 e. The lowest BCUT2D eigenvalue weighted by molar-refractivity contribution is -0.137. The van der Waals surface area contributed by atoms with E-state index in [9.17, 15) is 9.59 Å². The highest BCUT2D eigenvalue weighted by Crippen LogP contribution is 2.36. The van der Waals surface area contributed by atoms with Crippen molar-refractivity contribution in [2.75, 3.05) is 5.73 Å². The van der Waals surface area contributed by atoms with E-state index in [4.69, 9.17) is 5.73 Å². The van der Waals surface area contributed by atoms with Crippen molar-refractivity contribution in [2.24, 2.45) is 7.05 Å². The minimum absolute atomic E-state index is 0.225. The van der Waals surface area contributed by atoms with E-state index in [0.717, 1.165) is 10.9 Å². The molecule has 1 saturated heterocycles. The Kier molecular flexibility index (Phi) is 2.57. The van der Waals surface area contributed by atoms with Gasteiger partial charge in [-0.25, -0.2) is 0 Å². The molecule has 2 heterocycles. The zero-order chi connectivity index (χ0) is 14.5. The molecule has 1 aliphatic rings. The molecule has 0 unspecified atom stereocenters. The molecule has 3 N–H and O–H groups in total. The molecule has 104 valence electrons. The first kappa shape index (κ1) is 12.7. The van der Waals surface area contributed by atoms with E-state index in [-0.39, 0.29) is 11.8 Å². The SMILES string of the molecule is Cn1nc([C@@]2(C)CCC(=O)NC2=O)c2ccc(N)cc21. The first-order valence-corrected chi connectivity index (χ1v) is 6.49. The number of nitrogens with one attached hydrogen (secondary N) is 1. The Labute approximate surface area is 115 Å². The van der Waals surface area contributed by atoms with E-state index in [1.807, 2.05) is 26.1 Å². The van der Waals surface area contributed by atoms with Gasteiger partial charge in [-0.15, -0.1) is 0 Å². The Balaban J connectivity index is 2.19. The van der Waals surface area contributed by atoms with Crippen molar-refractivity contribution in [3.8, 4) is 0 Å². The zero-order valence-electron chi connectivity index (χ0n) is 11.4. The van der Waals surface area contributed by atoms with E-state index in [1.165, 1.54) is 0 Å². The Bertz CT molecular complexity index is 734. The first-order valence-electron chi connectivity index (χ1n) is 6.49. The third-order valence-electron chi connectivity index (χ3n) is 4.00. The summed E-state index contributed by atoms with van der Waals surface area (Å²) >= 11 is 0. The number of amides is 2. The molecule has 3 rings (SSSR count). The molecule has 0 radical (unpaired) electrons. The Hall–Kier alpha value is -2.37. The highest BCUT2D eigenvalue weighted by Gasteiger charge is 2.43. The van der Waals surface area contributed by atoms with Crippen molar-refractivity contribution >= 4 is 28.4 Å². The van der Waals surface area contributed by atoms with E-state index in [2.05, 4.69) is 10.4 Å². The number of benzene rings is 1. The van der Waals surface area contributed by atoms with E-state index >= 15 is 0 Å². The lowest BCUT2D eigenvalue weighted by atomic mass is 9.77. The number of rotatable bonds is 1. The molecule has 0 bridgehead atoms. The fourth-order valence-corrected chi connectivity index (χ4v) is 2.71. The van der Waals surface area contributed by atoms with Crippen LogP contribution in [0.5, 0.6) is 0 Å². The van der Waals surface area contributed by atoms with Crippen LogP contribution in [-0.2, 0) is 22.1 Å². The van der Waals surface area contributed by atoms with Gasteiger partial charge in [-0.1, -0.05) is 0 Å². The van der Waals surface area contributed by atoms with Crippen LogP contribution in [0.3, 0.4) is 0 Å². The quantitative estimate of drug-likeness (QED) is 0.595. The van der Waals surface area contributed by atoms with Crippen molar-refractivity contribution in [1.82, 2.24) is 15.1 Å². The van der Waals surface area contributed by atoms with Crippen LogP contribution in [0.25, 0.3) is 10.9 Å². The number of hydrogen-bond acceptors (Lipinski definition) is 4. The topological polar surface area (TPSA) is 90.0 Å². The van der Waals surface area contributed by atoms with Crippen molar-refractivity contribution in [2.45, 2.75) is 25.2 Å². The molecule has 0 spiro atoms. The van der Waals surface area contributed by atoms with Crippen LogP contribution in [0, 0.1) is 0 Å². The minimum Gasteiger partial charge on any atom is -0.399 e. The molecular formula is C14H16N4O2. The Morgan fingerprint density at radius 3 is 2.85 bits per heavy atom. The Morgan fingerprint density at radius 2 is 2.15 bits per heavy atom. The molecule has 2 aromatic rings. The molecule has 0 saturated carbocycles. The number of carbonyl (C=O) groups excluding carboxylic acids is 2. The zero-order valence-corrected chi connectivity index (χ0v) is 11.4. The summed E-state index contributed by atoms with van der Waals surface area (Å²) in [4.78, 5) is 23.6. The van der Waals surface area contributed by atoms with Gasteiger partial charge in [0.2, 0.25) is 11.8 Å². The second kappa shape index (κ2) is 4.06. The fraction of sp³-hybridized carbons (Fsp3) is 0.357. The number of imide groups is 1. The summed E-state index contributed by atoms with van der Waals surface area (Å²) in [5.74, 6) is -0.512. The summed E-state index contributed by atoms with van der Waals surface area (Å²) in [6.07, 6.45) is 0.795. The minimum atomic E-state index is -0.788. The van der Waals surface area contributed by atoms with Gasteiger partial charge in [0.05, 0.1) is 16.6 Å². The van der Waals surface area contributed by atoms with E-state index < -0.39 is 5.41 Å². The van der Waals surface area contributed by atoms with Gasteiger partial charge in [0.25, 0.3) is 0 Å². The molecular weight excluding hydrogens is 256 g/mol. The van der Waals surface area contributed by atoms with Crippen LogP contribution in [0.1, 0.15) is 25.5 Å². The van der Waals surface area contributed by atoms with Gasteiger partial charge in [0, 0.05) is 24.5 Å². The van der Waals surface area contributed by atoms with Crippen molar-refractivity contribution in [1.29, 1.82) is 0 Å². The van der Waals surface area contributed by atoms with Gasteiger partial charge in [-0.2, -0.15) is 5.10 Å². The number of nitrogens with zero attached hydrogens (tertiary/aromatic N) is 2. The normalized spacial score (nSPS) is 23.1. The highest BCUT2D eigenvalue weighted by atomic mass is 16.2. The van der Waals surface area contributed by atoms with Crippen LogP contribution < -0.4 is 11.1 Å². The summed E-state index contributed by atoms with van der Waals surface area (Å²) in [6.45, 7) is 1.83. The van der Waals surface area contributed by atoms with E-state index in [1.54, 1.807) is 10.7 Å². The van der Waals surface area contributed by atoms with Gasteiger partial charge in [-0.05, 0) is 31.5 Å². The van der Waals surface area contributed by atoms with Gasteiger partial charge in [0.15, 0.2) is 0 Å². The third-order valence-corrected chi connectivity index (χ3v) is 4.00. The molecule has 6 nitrogen and oxygen atoms in total. The van der Waals surface area contributed by atoms with Gasteiger partial charge >= 0.3 is 0 Å². The maximum atomic E-state index is 12.2. The number of anilines is 1. The summed E-state index contributed by atoms with van der Waals surface area (Å²) in [5.41, 5.74) is 7.23. The maximum Gasteiger partial charge on any atom is 0.238 e. The fourth-order valence-electron chi connectivity index (χ4n) is 2.71. The lowest BCUT2D eigenvalue weighted by Gasteiger charge is -2.30. The molecule has 1 fully saturated rings. The average molecular weight is 272 g/mol. The van der Waals surface area contributed by atoms with Crippen molar-refractivity contribution < 1.29 is 9.59 Å². The number of piperidine rings is 1. The van der Waals surface area contributed by atoms with Gasteiger partial charge in [-0.3, -0.25) is 19.6 Å². The third kappa shape index (κ3) is 1.68. The van der Waals surface area contributed by atoms with Gasteiger partial charge < -0.3 is 5.73 Å². The molecule has 6 heteroatoms. The number of aryl methyl sites for hydroxylation is 1. The molecule has 0 aliphatic carbocycles. The van der Waals surface area contributed by atoms with Crippen LogP contribution in [0.4, 0.5) is 5.69 Å². The number of carbonyl (C=O) groups is 2. The largest absolute Gasteiger partial charge is 0.399 e. The van der Waals surface area contributed by atoms with Crippen LogP contribution >= 0.6 is 0 Å². The number of aromatic nitrogens is 2. The van der Waals surface area contributed by atoms with E-state index in [0.29, 0.717) is 24.2 Å². The monoisotopic (exact) mass is 272 g/mol. The second-order valence-electron chi connectivity index (χ2n) is 5.46. The van der Waals surface area contributed by atoms with Crippen molar-refractivity contribution in [3.05, 3.63) is 23.9 Å². The molecule has 1 aliphatic heterocycles. The molecule has 20 heavy (non-hydrogen) atoms. The van der Waals surface area contributed by atoms with Crippen LogP contribution in [0.15, 0.2) is 18.2 Å². The molecule has 2 amide bonds. The lowest BCUT2D eigenvalue weighted by Crippen LogP contribution is -2.50. The standard InChI is InChI=1S/C14H16N4O2/c1-14(6-5-11(19)16-13(14)20)12-9-4-3-8(15)7-10(9)18(2)17-12/h3-4,7H,5-6,15H2,1-2H3,(H,16,19,20)/t14-/m1/s1. The molecule has 1 aromatic carbocycles.